The lowest BCUT2D eigenvalue weighted by atomic mass is 9.81. The largest absolute Gasteiger partial charge is 0.317 e. The second-order valence-corrected chi connectivity index (χ2v) is 5.60. The topological polar surface area (TPSA) is 40.7 Å². The van der Waals surface area contributed by atoms with Crippen LogP contribution in [0.4, 0.5) is 0 Å². The summed E-state index contributed by atoms with van der Waals surface area (Å²) in [6.45, 7) is 2.32. The van der Waals surface area contributed by atoms with E-state index < -0.39 is 0 Å². The lowest BCUT2D eigenvalue weighted by Crippen LogP contribution is -2.27. The number of nitrogens with zero attached hydrogens (tertiary/aromatic N) is 1. The summed E-state index contributed by atoms with van der Waals surface area (Å²) in [6.07, 6.45) is 11.6. The molecule has 2 fully saturated rings. The van der Waals surface area contributed by atoms with Crippen LogP contribution < -0.4 is 5.32 Å². The van der Waals surface area contributed by atoms with Gasteiger partial charge in [-0.15, -0.1) is 0 Å². The Hall–Kier alpha value is -0.830. The zero-order chi connectivity index (χ0) is 11.5. The van der Waals surface area contributed by atoms with Crippen molar-refractivity contribution in [3.05, 3.63) is 17.5 Å². The molecule has 0 amide bonds. The summed E-state index contributed by atoms with van der Waals surface area (Å²) in [4.78, 5) is 0. The van der Waals surface area contributed by atoms with Gasteiger partial charge in [-0.05, 0) is 50.3 Å². The molecular formula is C14H23N3. The first-order valence-electron chi connectivity index (χ1n) is 7.19. The molecule has 0 unspecified atom stereocenters. The molecule has 1 aromatic heterocycles. The van der Waals surface area contributed by atoms with Crippen molar-refractivity contribution in [1.82, 2.24) is 15.5 Å². The molecule has 3 rings (SSSR count). The third-order valence-corrected chi connectivity index (χ3v) is 4.49. The molecule has 94 valence electrons. The lowest BCUT2D eigenvalue weighted by molar-refractivity contribution is 0.423. The maximum atomic E-state index is 4.33. The summed E-state index contributed by atoms with van der Waals surface area (Å²) in [6, 6.07) is 0. The van der Waals surface area contributed by atoms with Crippen LogP contribution in [0.1, 0.15) is 68.0 Å². The number of piperidine rings is 1. The maximum absolute atomic E-state index is 4.33. The van der Waals surface area contributed by atoms with Crippen molar-refractivity contribution in [2.45, 2.75) is 56.8 Å². The van der Waals surface area contributed by atoms with E-state index in [1.165, 1.54) is 56.2 Å². The molecule has 0 spiro atoms. The first-order valence-corrected chi connectivity index (χ1v) is 7.19. The van der Waals surface area contributed by atoms with E-state index in [-0.39, 0.29) is 0 Å². The van der Waals surface area contributed by atoms with Crippen molar-refractivity contribution >= 4 is 0 Å². The van der Waals surface area contributed by atoms with Crippen molar-refractivity contribution in [3.63, 3.8) is 0 Å². The summed E-state index contributed by atoms with van der Waals surface area (Å²) in [5.41, 5.74) is 3.00. The molecule has 2 N–H and O–H groups in total. The van der Waals surface area contributed by atoms with E-state index >= 15 is 0 Å². The minimum Gasteiger partial charge on any atom is -0.317 e. The molecule has 3 nitrogen and oxygen atoms in total. The van der Waals surface area contributed by atoms with Gasteiger partial charge in [-0.1, -0.05) is 19.3 Å². The molecule has 1 aliphatic carbocycles. The zero-order valence-electron chi connectivity index (χ0n) is 10.5. The van der Waals surface area contributed by atoms with Gasteiger partial charge >= 0.3 is 0 Å². The highest BCUT2D eigenvalue weighted by Gasteiger charge is 2.25. The van der Waals surface area contributed by atoms with Crippen LogP contribution in [0.25, 0.3) is 0 Å². The van der Waals surface area contributed by atoms with Crippen LogP contribution in [0.2, 0.25) is 0 Å². The van der Waals surface area contributed by atoms with E-state index in [2.05, 4.69) is 21.7 Å². The fourth-order valence-corrected chi connectivity index (χ4v) is 3.48. The SMILES string of the molecule is c1n[nH]c(C2CCNCC2)c1C1CCCCC1. The maximum Gasteiger partial charge on any atom is 0.0525 e. The molecule has 17 heavy (non-hydrogen) atoms. The number of rotatable bonds is 2. The molecule has 0 bridgehead atoms. The van der Waals surface area contributed by atoms with E-state index in [9.17, 15) is 0 Å². The van der Waals surface area contributed by atoms with Gasteiger partial charge in [-0.25, -0.2) is 0 Å². The average Bonchev–Trinajstić information content (AvgIpc) is 2.90. The highest BCUT2D eigenvalue weighted by Crippen LogP contribution is 2.37. The summed E-state index contributed by atoms with van der Waals surface area (Å²) < 4.78 is 0. The van der Waals surface area contributed by atoms with Crippen LogP contribution in [-0.4, -0.2) is 23.3 Å². The number of aromatic nitrogens is 2. The van der Waals surface area contributed by atoms with Crippen molar-refractivity contribution in [2.75, 3.05) is 13.1 Å². The van der Waals surface area contributed by atoms with E-state index in [0.717, 1.165) is 24.9 Å². The third kappa shape index (κ3) is 2.39. The van der Waals surface area contributed by atoms with Gasteiger partial charge in [0.2, 0.25) is 0 Å². The van der Waals surface area contributed by atoms with Gasteiger partial charge in [0.05, 0.1) is 6.20 Å². The van der Waals surface area contributed by atoms with Gasteiger partial charge in [0.15, 0.2) is 0 Å². The van der Waals surface area contributed by atoms with E-state index in [4.69, 9.17) is 0 Å². The first kappa shape index (κ1) is 11.3. The fourth-order valence-electron chi connectivity index (χ4n) is 3.48. The Bertz CT molecular complexity index is 314. The second-order valence-electron chi connectivity index (χ2n) is 5.60. The molecule has 0 radical (unpaired) electrons. The van der Waals surface area contributed by atoms with Gasteiger partial charge in [0.1, 0.15) is 0 Å². The predicted molar refractivity (Wildman–Crippen MR) is 69.3 cm³/mol. The lowest BCUT2D eigenvalue weighted by Gasteiger charge is -2.26. The van der Waals surface area contributed by atoms with E-state index in [1.807, 2.05) is 0 Å². The molecule has 2 heterocycles. The van der Waals surface area contributed by atoms with Crippen LogP contribution in [0.3, 0.4) is 0 Å². The second kappa shape index (κ2) is 5.21. The Kier molecular flexibility index (Phi) is 3.46. The molecule has 1 aromatic rings. The van der Waals surface area contributed by atoms with Crippen molar-refractivity contribution in [2.24, 2.45) is 0 Å². The van der Waals surface area contributed by atoms with Crippen molar-refractivity contribution in [3.8, 4) is 0 Å². The minimum absolute atomic E-state index is 0.718. The third-order valence-electron chi connectivity index (χ3n) is 4.49. The molecule has 1 saturated heterocycles. The van der Waals surface area contributed by atoms with Crippen LogP contribution in [-0.2, 0) is 0 Å². The van der Waals surface area contributed by atoms with Crippen LogP contribution in [0.15, 0.2) is 6.20 Å². The molecule has 0 aromatic carbocycles. The van der Waals surface area contributed by atoms with Crippen molar-refractivity contribution in [1.29, 1.82) is 0 Å². The van der Waals surface area contributed by atoms with Crippen LogP contribution in [0, 0.1) is 0 Å². The Balaban J connectivity index is 1.77. The summed E-state index contributed by atoms with van der Waals surface area (Å²) in [7, 11) is 0. The zero-order valence-corrected chi connectivity index (χ0v) is 10.5. The number of H-pyrrole nitrogens is 1. The standard InChI is InChI=1S/C14H23N3/c1-2-4-11(5-3-1)13-10-16-17-14(13)12-6-8-15-9-7-12/h10-12,15H,1-9H2,(H,16,17). The Morgan fingerprint density at radius 3 is 2.47 bits per heavy atom. The molecule has 0 atom stereocenters. The van der Waals surface area contributed by atoms with Gasteiger partial charge in [0, 0.05) is 11.6 Å². The Morgan fingerprint density at radius 1 is 0.941 bits per heavy atom. The quantitative estimate of drug-likeness (QED) is 0.824. The number of aromatic amines is 1. The van der Waals surface area contributed by atoms with E-state index in [1.54, 1.807) is 0 Å². The van der Waals surface area contributed by atoms with Crippen LogP contribution >= 0.6 is 0 Å². The van der Waals surface area contributed by atoms with Gasteiger partial charge in [-0.3, -0.25) is 5.10 Å². The van der Waals surface area contributed by atoms with E-state index in [0.29, 0.717) is 0 Å². The number of hydrogen-bond acceptors (Lipinski definition) is 2. The highest BCUT2D eigenvalue weighted by molar-refractivity contribution is 5.25. The average molecular weight is 233 g/mol. The van der Waals surface area contributed by atoms with Gasteiger partial charge < -0.3 is 5.32 Å². The number of nitrogens with one attached hydrogen (secondary N) is 2. The molecule has 3 heteroatoms. The monoisotopic (exact) mass is 233 g/mol. The molecule has 1 saturated carbocycles. The summed E-state index contributed by atoms with van der Waals surface area (Å²) in [5, 5.41) is 11.1. The molecular weight excluding hydrogens is 210 g/mol. The highest BCUT2D eigenvalue weighted by atomic mass is 15.1. The molecule has 1 aliphatic heterocycles. The van der Waals surface area contributed by atoms with Crippen LogP contribution in [0.5, 0.6) is 0 Å². The number of hydrogen-bond donors (Lipinski definition) is 2. The van der Waals surface area contributed by atoms with Gasteiger partial charge in [-0.2, -0.15) is 5.10 Å². The molecule has 2 aliphatic rings. The normalized spacial score (nSPS) is 24.0. The first-order chi connectivity index (χ1) is 8.45. The minimum atomic E-state index is 0.718. The predicted octanol–water partition coefficient (Wildman–Crippen LogP) is 2.92. The summed E-state index contributed by atoms with van der Waals surface area (Å²) >= 11 is 0. The van der Waals surface area contributed by atoms with Crippen molar-refractivity contribution < 1.29 is 0 Å². The Labute approximate surface area is 103 Å². The summed E-state index contributed by atoms with van der Waals surface area (Å²) in [5.74, 6) is 1.50. The fraction of sp³-hybridized carbons (Fsp3) is 0.786. The Morgan fingerprint density at radius 2 is 1.71 bits per heavy atom. The smallest absolute Gasteiger partial charge is 0.0525 e. The van der Waals surface area contributed by atoms with Gasteiger partial charge in [0.25, 0.3) is 0 Å².